The van der Waals surface area contributed by atoms with Crippen LogP contribution in [0.1, 0.15) is 41.4 Å². The molecular formula is C24H23FN4O2. The molecule has 1 aliphatic carbocycles. The summed E-state index contributed by atoms with van der Waals surface area (Å²) < 4.78 is 15.2. The Balaban J connectivity index is 1.49. The van der Waals surface area contributed by atoms with Gasteiger partial charge >= 0.3 is 6.03 Å². The third-order valence-corrected chi connectivity index (χ3v) is 6.35. The molecular weight excluding hydrogens is 395 g/mol. The molecule has 1 aromatic heterocycles. The molecule has 0 spiro atoms. The van der Waals surface area contributed by atoms with Crippen LogP contribution in [-0.2, 0) is 29.7 Å². The Morgan fingerprint density at radius 2 is 1.84 bits per heavy atom. The normalized spacial score (nSPS) is 20.3. The number of urea groups is 1. The minimum absolute atomic E-state index is 0.114. The molecule has 1 aliphatic heterocycles. The van der Waals surface area contributed by atoms with Gasteiger partial charge in [0, 0.05) is 5.69 Å². The van der Waals surface area contributed by atoms with E-state index in [1.165, 1.54) is 17.0 Å². The molecule has 6 nitrogen and oxygen atoms in total. The lowest BCUT2D eigenvalue weighted by Gasteiger charge is -2.24. The maximum Gasteiger partial charge on any atom is 0.325 e. The van der Waals surface area contributed by atoms with Crippen molar-refractivity contribution in [2.24, 2.45) is 0 Å². The molecule has 0 radical (unpaired) electrons. The Morgan fingerprint density at radius 1 is 1.10 bits per heavy atom. The fourth-order valence-electron chi connectivity index (χ4n) is 4.74. The second kappa shape index (κ2) is 7.04. The zero-order valence-electron chi connectivity index (χ0n) is 17.5. The first-order valence-corrected chi connectivity index (χ1v) is 10.4. The lowest BCUT2D eigenvalue weighted by Crippen LogP contribution is -2.41. The third kappa shape index (κ3) is 3.03. The number of rotatable bonds is 4. The fraction of sp³-hybridized carbons (Fsp3) is 0.292. The number of imide groups is 1. The Morgan fingerprint density at radius 3 is 2.58 bits per heavy atom. The molecule has 1 atom stereocenters. The van der Waals surface area contributed by atoms with E-state index in [2.05, 4.69) is 5.32 Å². The van der Waals surface area contributed by atoms with Crippen molar-refractivity contribution >= 4 is 11.9 Å². The van der Waals surface area contributed by atoms with Crippen LogP contribution in [0.4, 0.5) is 9.18 Å². The van der Waals surface area contributed by atoms with Crippen LogP contribution in [0.15, 0.2) is 48.5 Å². The van der Waals surface area contributed by atoms with Gasteiger partial charge in [0.1, 0.15) is 11.4 Å². The number of carbonyl (C=O) groups is 2. The van der Waals surface area contributed by atoms with Gasteiger partial charge in [-0.25, -0.2) is 13.9 Å². The van der Waals surface area contributed by atoms with E-state index in [1.54, 1.807) is 19.1 Å². The van der Waals surface area contributed by atoms with Crippen molar-refractivity contribution < 1.29 is 14.0 Å². The number of benzene rings is 2. The van der Waals surface area contributed by atoms with Gasteiger partial charge in [-0.2, -0.15) is 5.10 Å². The summed E-state index contributed by atoms with van der Waals surface area (Å²) in [6.45, 7) is 3.79. The van der Waals surface area contributed by atoms with Crippen LogP contribution < -0.4 is 5.32 Å². The van der Waals surface area contributed by atoms with E-state index >= 15 is 0 Å². The van der Waals surface area contributed by atoms with Gasteiger partial charge in [-0.05, 0) is 74.1 Å². The predicted octanol–water partition coefficient (Wildman–Crippen LogP) is 3.78. The summed E-state index contributed by atoms with van der Waals surface area (Å²) in [6, 6.07) is 13.4. The smallest absolute Gasteiger partial charge is 0.319 e. The molecule has 5 rings (SSSR count). The van der Waals surface area contributed by atoms with Gasteiger partial charge in [-0.3, -0.25) is 9.69 Å². The van der Waals surface area contributed by atoms with Gasteiger partial charge in [0.05, 0.1) is 17.9 Å². The van der Waals surface area contributed by atoms with Crippen LogP contribution in [0.2, 0.25) is 0 Å². The lowest BCUT2D eigenvalue weighted by atomic mass is 9.88. The number of carbonyl (C=O) groups excluding carboxylic acids is 2. The first-order chi connectivity index (χ1) is 14.9. The van der Waals surface area contributed by atoms with E-state index in [0.29, 0.717) is 5.69 Å². The minimum Gasteiger partial charge on any atom is -0.319 e. The predicted molar refractivity (Wildman–Crippen MR) is 113 cm³/mol. The van der Waals surface area contributed by atoms with Crippen molar-refractivity contribution in [1.29, 1.82) is 0 Å². The minimum atomic E-state index is -1.11. The highest BCUT2D eigenvalue weighted by Crippen LogP contribution is 2.34. The maximum absolute atomic E-state index is 13.4. The Labute approximate surface area is 179 Å². The molecule has 3 aromatic rings. The third-order valence-electron chi connectivity index (χ3n) is 6.35. The first kappa shape index (κ1) is 19.5. The van der Waals surface area contributed by atoms with E-state index < -0.39 is 11.6 Å². The number of amides is 3. The van der Waals surface area contributed by atoms with Crippen LogP contribution in [0.5, 0.6) is 0 Å². The highest BCUT2D eigenvalue weighted by Gasteiger charge is 2.50. The van der Waals surface area contributed by atoms with Crippen LogP contribution in [0.25, 0.3) is 5.69 Å². The summed E-state index contributed by atoms with van der Waals surface area (Å²) in [5.41, 5.74) is 4.26. The SMILES string of the molecule is Cc1ccccc1C1(C)NC(=O)N(Cc2nn(-c3ccc(F)cc3)c3c2CCC3)C1=O. The molecule has 1 unspecified atom stereocenters. The van der Waals surface area contributed by atoms with E-state index in [0.717, 1.165) is 47.3 Å². The van der Waals surface area contributed by atoms with Crippen molar-refractivity contribution in [3.05, 3.63) is 82.4 Å². The summed E-state index contributed by atoms with van der Waals surface area (Å²) in [5.74, 6) is -0.586. The molecule has 0 bridgehead atoms. The van der Waals surface area contributed by atoms with Crippen LogP contribution >= 0.6 is 0 Å². The van der Waals surface area contributed by atoms with Crippen molar-refractivity contribution in [2.75, 3.05) is 0 Å². The highest BCUT2D eigenvalue weighted by atomic mass is 19.1. The summed E-state index contributed by atoms with van der Waals surface area (Å²) in [4.78, 5) is 27.4. The molecule has 31 heavy (non-hydrogen) atoms. The number of halogens is 1. The van der Waals surface area contributed by atoms with E-state index in [4.69, 9.17) is 5.10 Å². The molecule has 2 heterocycles. The first-order valence-electron chi connectivity index (χ1n) is 10.4. The van der Waals surface area contributed by atoms with Gasteiger partial charge < -0.3 is 5.32 Å². The molecule has 3 amide bonds. The number of fused-ring (bicyclic) bond motifs is 1. The second-order valence-electron chi connectivity index (χ2n) is 8.38. The monoisotopic (exact) mass is 418 g/mol. The maximum atomic E-state index is 13.4. The number of aryl methyl sites for hydroxylation is 1. The molecule has 1 N–H and O–H groups in total. The standard InChI is InChI=1S/C24H23FN4O2/c1-15-6-3-4-8-19(15)24(2)22(30)28(23(31)26-24)14-20-18-7-5-9-21(18)29(27-20)17-12-10-16(25)11-13-17/h3-4,6,8,10-13H,5,7,9,14H2,1-2H3,(H,26,31). The molecule has 1 saturated heterocycles. The Bertz CT molecular complexity index is 1200. The van der Waals surface area contributed by atoms with Gasteiger partial charge in [-0.15, -0.1) is 0 Å². The fourth-order valence-corrected chi connectivity index (χ4v) is 4.74. The summed E-state index contributed by atoms with van der Waals surface area (Å²) >= 11 is 0. The largest absolute Gasteiger partial charge is 0.325 e. The van der Waals surface area contributed by atoms with Gasteiger partial charge in [0.15, 0.2) is 0 Å². The molecule has 7 heteroatoms. The van der Waals surface area contributed by atoms with Gasteiger partial charge in [-0.1, -0.05) is 24.3 Å². The van der Waals surface area contributed by atoms with E-state index in [9.17, 15) is 14.0 Å². The number of nitrogens with zero attached hydrogens (tertiary/aromatic N) is 3. The van der Waals surface area contributed by atoms with Crippen LogP contribution in [0, 0.1) is 12.7 Å². The summed E-state index contributed by atoms with van der Waals surface area (Å²) in [6.07, 6.45) is 2.70. The second-order valence-corrected chi connectivity index (χ2v) is 8.38. The van der Waals surface area contributed by atoms with E-state index in [-0.39, 0.29) is 18.3 Å². The summed E-state index contributed by atoms with van der Waals surface area (Å²) in [5, 5.41) is 7.60. The Hall–Kier alpha value is -3.48. The lowest BCUT2D eigenvalue weighted by molar-refractivity contribution is -0.131. The highest BCUT2D eigenvalue weighted by molar-refractivity contribution is 6.07. The number of aromatic nitrogens is 2. The number of nitrogens with one attached hydrogen (secondary N) is 1. The molecule has 2 aromatic carbocycles. The molecule has 158 valence electrons. The number of hydrogen-bond acceptors (Lipinski definition) is 3. The number of hydrogen-bond donors (Lipinski definition) is 1. The van der Waals surface area contributed by atoms with Crippen molar-refractivity contribution in [2.45, 2.75) is 45.2 Å². The Kier molecular flexibility index (Phi) is 4.43. The molecule has 1 fully saturated rings. The zero-order valence-corrected chi connectivity index (χ0v) is 17.5. The van der Waals surface area contributed by atoms with Crippen molar-refractivity contribution in [3.8, 4) is 5.69 Å². The topological polar surface area (TPSA) is 67.2 Å². The van der Waals surface area contributed by atoms with Crippen molar-refractivity contribution in [1.82, 2.24) is 20.0 Å². The van der Waals surface area contributed by atoms with Gasteiger partial charge in [0.2, 0.25) is 0 Å². The van der Waals surface area contributed by atoms with E-state index in [1.807, 2.05) is 35.9 Å². The van der Waals surface area contributed by atoms with Crippen LogP contribution in [0.3, 0.4) is 0 Å². The quantitative estimate of drug-likeness (QED) is 0.656. The molecule has 0 saturated carbocycles. The molecule has 2 aliphatic rings. The average molecular weight is 418 g/mol. The average Bonchev–Trinajstić information content (AvgIpc) is 3.40. The van der Waals surface area contributed by atoms with Crippen LogP contribution in [-0.4, -0.2) is 26.6 Å². The zero-order chi connectivity index (χ0) is 21.8. The van der Waals surface area contributed by atoms with Gasteiger partial charge in [0.25, 0.3) is 5.91 Å². The summed E-state index contributed by atoms with van der Waals surface area (Å²) in [7, 11) is 0. The van der Waals surface area contributed by atoms with Crippen molar-refractivity contribution in [3.63, 3.8) is 0 Å².